The van der Waals surface area contributed by atoms with Crippen molar-refractivity contribution in [2.75, 3.05) is 12.4 Å². The molecule has 0 bridgehead atoms. The number of carbonyl (C=O) groups excluding carboxylic acids is 2. The van der Waals surface area contributed by atoms with Crippen LogP contribution in [0.1, 0.15) is 12.0 Å². The molecule has 0 radical (unpaired) electrons. The van der Waals surface area contributed by atoms with E-state index in [4.69, 9.17) is 11.6 Å². The van der Waals surface area contributed by atoms with Crippen molar-refractivity contribution in [1.29, 1.82) is 0 Å². The molecule has 2 amide bonds. The van der Waals surface area contributed by atoms with Gasteiger partial charge in [0.25, 0.3) is 10.2 Å². The van der Waals surface area contributed by atoms with Gasteiger partial charge in [-0.3, -0.25) is 9.59 Å². The Kier molecular flexibility index (Phi) is 6.90. The molecule has 2 atom stereocenters. The second kappa shape index (κ2) is 9.27. The highest BCUT2D eigenvalue weighted by atomic mass is 35.5. The predicted octanol–water partition coefficient (Wildman–Crippen LogP) is 1.78. The molecule has 2 aromatic carbocycles. The van der Waals surface area contributed by atoms with Gasteiger partial charge in [-0.1, -0.05) is 29.8 Å². The fourth-order valence-electron chi connectivity index (χ4n) is 3.03. The Balaban J connectivity index is 1.72. The van der Waals surface area contributed by atoms with E-state index in [0.717, 1.165) is 10.4 Å². The van der Waals surface area contributed by atoms with E-state index in [0.29, 0.717) is 0 Å². The lowest BCUT2D eigenvalue weighted by atomic mass is 10.1. The van der Waals surface area contributed by atoms with Gasteiger partial charge in [-0.15, -0.1) is 0 Å². The molecule has 1 aliphatic heterocycles. The normalized spacial score (nSPS) is 20.8. The van der Waals surface area contributed by atoms with Gasteiger partial charge in [0.15, 0.2) is 0 Å². The first-order chi connectivity index (χ1) is 14.6. The van der Waals surface area contributed by atoms with Gasteiger partial charge < -0.3 is 10.6 Å². The zero-order valence-corrected chi connectivity index (χ0v) is 17.8. The van der Waals surface area contributed by atoms with Crippen molar-refractivity contribution in [1.82, 2.24) is 14.3 Å². The minimum atomic E-state index is -4.15. The van der Waals surface area contributed by atoms with E-state index >= 15 is 0 Å². The van der Waals surface area contributed by atoms with Crippen molar-refractivity contribution in [3.63, 3.8) is 0 Å². The van der Waals surface area contributed by atoms with Crippen LogP contribution in [0.4, 0.5) is 14.5 Å². The van der Waals surface area contributed by atoms with Crippen LogP contribution in [-0.2, 0) is 26.3 Å². The van der Waals surface area contributed by atoms with E-state index in [1.54, 1.807) is 6.07 Å². The van der Waals surface area contributed by atoms with Crippen LogP contribution in [0.15, 0.2) is 42.5 Å². The number of hydrogen-bond donors (Lipinski definition) is 3. The molecule has 0 spiro atoms. The first-order valence-corrected chi connectivity index (χ1v) is 10.9. The summed E-state index contributed by atoms with van der Waals surface area (Å²) in [5.41, 5.74) is 0.399. The fourth-order valence-corrected chi connectivity index (χ4v) is 4.46. The van der Waals surface area contributed by atoms with Crippen molar-refractivity contribution in [2.24, 2.45) is 0 Å². The Morgan fingerprint density at radius 2 is 1.87 bits per heavy atom. The third-order valence-electron chi connectivity index (χ3n) is 4.79. The number of rotatable bonds is 5. The summed E-state index contributed by atoms with van der Waals surface area (Å²) in [6.07, 6.45) is -0.181. The van der Waals surface area contributed by atoms with E-state index in [1.807, 2.05) is 0 Å². The number of anilines is 1. The molecular formula is C19H19ClF2N4O4S. The summed E-state index contributed by atoms with van der Waals surface area (Å²) in [5.74, 6) is -2.61. The second-order valence-electron chi connectivity index (χ2n) is 6.87. The highest BCUT2D eigenvalue weighted by Gasteiger charge is 2.42. The molecule has 0 saturated carbocycles. The summed E-state index contributed by atoms with van der Waals surface area (Å²) < 4.78 is 54.9. The Morgan fingerprint density at radius 3 is 2.55 bits per heavy atom. The van der Waals surface area contributed by atoms with Gasteiger partial charge in [-0.2, -0.15) is 17.4 Å². The molecule has 12 heteroatoms. The Morgan fingerprint density at radius 1 is 1.16 bits per heavy atom. The highest BCUT2D eigenvalue weighted by Crippen LogP contribution is 2.22. The van der Waals surface area contributed by atoms with E-state index in [9.17, 15) is 26.8 Å². The monoisotopic (exact) mass is 472 g/mol. The van der Waals surface area contributed by atoms with Crippen LogP contribution in [0, 0.1) is 11.6 Å². The Bertz CT molecular complexity index is 1120. The number of halogens is 3. The summed E-state index contributed by atoms with van der Waals surface area (Å²) in [7, 11) is -2.95. The van der Waals surface area contributed by atoms with Crippen LogP contribution in [0.2, 0.25) is 5.02 Å². The topological polar surface area (TPSA) is 108 Å². The predicted molar refractivity (Wildman–Crippen MR) is 110 cm³/mol. The van der Waals surface area contributed by atoms with E-state index in [1.165, 1.54) is 37.4 Å². The highest BCUT2D eigenvalue weighted by molar-refractivity contribution is 7.87. The number of hydrogen-bond acceptors (Lipinski definition) is 4. The van der Waals surface area contributed by atoms with Crippen LogP contribution < -0.4 is 15.4 Å². The Labute approximate surface area is 182 Å². The summed E-state index contributed by atoms with van der Waals surface area (Å²) in [4.78, 5) is 25.2. The van der Waals surface area contributed by atoms with Gasteiger partial charge in [0.05, 0.1) is 5.02 Å². The molecule has 8 nitrogen and oxygen atoms in total. The smallest absolute Gasteiger partial charge is 0.280 e. The van der Waals surface area contributed by atoms with Crippen LogP contribution >= 0.6 is 11.6 Å². The maximum absolute atomic E-state index is 13.7. The van der Waals surface area contributed by atoms with Crippen molar-refractivity contribution in [2.45, 2.75) is 25.0 Å². The zero-order valence-electron chi connectivity index (χ0n) is 16.2. The largest absolute Gasteiger partial charge is 0.351 e. The standard InChI is InChI=1S/C19H19ClF2N4O4S/c1-26-17(19(28)24-12-6-7-15(22)13(20)8-12)9-16(25-31(26,29)30)18(27)23-10-11-4-2-3-5-14(11)21/h2-8,16-17,25H,9-10H2,1H3,(H,23,27)(H,24,28). The molecule has 31 heavy (non-hydrogen) atoms. The van der Waals surface area contributed by atoms with E-state index in [2.05, 4.69) is 15.4 Å². The first-order valence-electron chi connectivity index (χ1n) is 9.11. The number of likely N-dealkylation sites (N-methyl/N-ethyl adjacent to an activating group) is 1. The molecule has 2 unspecified atom stereocenters. The minimum Gasteiger partial charge on any atom is -0.351 e. The van der Waals surface area contributed by atoms with Crippen LogP contribution in [0.5, 0.6) is 0 Å². The second-order valence-corrected chi connectivity index (χ2v) is 9.04. The Hall–Kier alpha value is -2.60. The molecule has 166 valence electrons. The maximum atomic E-state index is 13.7. The quantitative estimate of drug-likeness (QED) is 0.616. The van der Waals surface area contributed by atoms with Gasteiger partial charge in [-0.05, 0) is 30.7 Å². The van der Waals surface area contributed by atoms with Gasteiger partial charge in [0, 0.05) is 24.8 Å². The van der Waals surface area contributed by atoms with Crippen molar-refractivity contribution >= 4 is 39.3 Å². The molecule has 1 fully saturated rings. The average molecular weight is 473 g/mol. The molecule has 0 aromatic heterocycles. The molecule has 3 N–H and O–H groups in total. The first kappa shape index (κ1) is 23.1. The fraction of sp³-hybridized carbons (Fsp3) is 0.263. The zero-order chi connectivity index (χ0) is 22.8. The van der Waals surface area contributed by atoms with Crippen LogP contribution in [-0.4, -0.2) is 43.7 Å². The third-order valence-corrected chi connectivity index (χ3v) is 6.67. The summed E-state index contributed by atoms with van der Waals surface area (Å²) in [6.45, 7) is -0.148. The van der Waals surface area contributed by atoms with E-state index in [-0.39, 0.29) is 29.2 Å². The molecule has 3 rings (SSSR count). The van der Waals surface area contributed by atoms with Crippen molar-refractivity contribution < 1.29 is 26.8 Å². The molecule has 1 heterocycles. The molecule has 1 saturated heterocycles. The summed E-state index contributed by atoms with van der Waals surface area (Å²) >= 11 is 5.70. The lowest BCUT2D eigenvalue weighted by Crippen LogP contribution is -2.62. The number of nitrogens with zero attached hydrogens (tertiary/aromatic N) is 1. The minimum absolute atomic E-state index is 0.148. The van der Waals surface area contributed by atoms with E-state index < -0.39 is 45.7 Å². The molecule has 0 aliphatic carbocycles. The number of amides is 2. The molecule has 1 aliphatic rings. The summed E-state index contributed by atoms with van der Waals surface area (Å²) in [5, 5.41) is 4.72. The van der Waals surface area contributed by atoms with Gasteiger partial charge in [0.2, 0.25) is 11.8 Å². The summed E-state index contributed by atoms with van der Waals surface area (Å²) in [6, 6.07) is 6.87. The van der Waals surface area contributed by atoms with Crippen LogP contribution in [0.3, 0.4) is 0 Å². The van der Waals surface area contributed by atoms with Crippen molar-refractivity contribution in [3.8, 4) is 0 Å². The lowest BCUT2D eigenvalue weighted by molar-refractivity contribution is -0.124. The lowest BCUT2D eigenvalue weighted by Gasteiger charge is -2.35. The average Bonchev–Trinajstić information content (AvgIpc) is 2.71. The number of benzene rings is 2. The SMILES string of the molecule is CN1C(C(=O)Nc2ccc(F)c(Cl)c2)CC(C(=O)NCc2ccccc2F)NS1(=O)=O. The number of nitrogens with one attached hydrogen (secondary N) is 3. The maximum Gasteiger partial charge on any atom is 0.280 e. The van der Waals surface area contributed by atoms with Gasteiger partial charge >= 0.3 is 0 Å². The molecule has 2 aromatic rings. The number of carbonyl (C=O) groups is 2. The van der Waals surface area contributed by atoms with Crippen LogP contribution in [0.25, 0.3) is 0 Å². The van der Waals surface area contributed by atoms with Gasteiger partial charge in [0.1, 0.15) is 23.7 Å². The van der Waals surface area contributed by atoms with Gasteiger partial charge in [-0.25, -0.2) is 8.78 Å². The molecular weight excluding hydrogens is 454 g/mol. The van der Waals surface area contributed by atoms with Crippen molar-refractivity contribution in [3.05, 3.63) is 64.7 Å². The third kappa shape index (κ3) is 5.37.